The molecule has 0 saturated carbocycles. The van der Waals surface area contributed by atoms with Crippen LogP contribution in [0.4, 0.5) is 0 Å². The zero-order chi connectivity index (χ0) is 19.3. The van der Waals surface area contributed by atoms with Gasteiger partial charge in [-0.25, -0.2) is 4.98 Å². The minimum atomic E-state index is 0.690. The highest BCUT2D eigenvalue weighted by atomic mass is 16.5. The highest BCUT2D eigenvalue weighted by Gasteiger charge is 2.11. The van der Waals surface area contributed by atoms with Crippen LogP contribution >= 0.6 is 0 Å². The summed E-state index contributed by atoms with van der Waals surface area (Å²) in [6, 6.07) is 24.5. The third-order valence-electron chi connectivity index (χ3n) is 4.70. The smallest absolute Gasteiger partial charge is 0.161 e. The van der Waals surface area contributed by atoms with Crippen molar-refractivity contribution in [1.29, 1.82) is 0 Å². The molecule has 0 aliphatic carbocycles. The van der Waals surface area contributed by atoms with Crippen molar-refractivity contribution in [3.05, 3.63) is 89.7 Å². The monoisotopic (exact) mass is 370 g/mol. The van der Waals surface area contributed by atoms with Gasteiger partial charge in [0.25, 0.3) is 0 Å². The Kier molecular flexibility index (Phi) is 5.11. The fourth-order valence-corrected chi connectivity index (χ4v) is 3.28. The molecule has 0 N–H and O–H groups in total. The van der Waals surface area contributed by atoms with Crippen molar-refractivity contribution >= 4 is 23.2 Å². The third kappa shape index (κ3) is 3.62. The van der Waals surface area contributed by atoms with Crippen molar-refractivity contribution < 1.29 is 9.47 Å². The van der Waals surface area contributed by atoms with E-state index in [2.05, 4.69) is 41.0 Å². The molecule has 1 heterocycles. The zero-order valence-corrected chi connectivity index (χ0v) is 16.0. The molecule has 0 amide bonds. The first kappa shape index (κ1) is 17.9. The van der Waals surface area contributed by atoms with Crippen molar-refractivity contribution in [2.24, 2.45) is 0 Å². The molecule has 4 rings (SSSR count). The van der Waals surface area contributed by atoms with Crippen LogP contribution in [0.3, 0.4) is 0 Å². The largest absolute Gasteiger partial charge is 0.493 e. The van der Waals surface area contributed by atoms with Crippen LogP contribution in [0, 0.1) is 0 Å². The summed E-state index contributed by atoms with van der Waals surface area (Å²) < 4.78 is 13.0. The van der Waals surface area contributed by atoms with Crippen molar-refractivity contribution in [2.75, 3.05) is 14.2 Å². The average Bonchev–Trinajstić information content (AvgIpc) is 3.10. The van der Waals surface area contributed by atoms with Crippen LogP contribution < -0.4 is 9.47 Å². The maximum Gasteiger partial charge on any atom is 0.161 e. The predicted molar refractivity (Wildman–Crippen MR) is 114 cm³/mol. The van der Waals surface area contributed by atoms with Crippen molar-refractivity contribution in [3.8, 4) is 11.5 Å². The Morgan fingerprint density at radius 2 is 1.57 bits per heavy atom. The highest BCUT2D eigenvalue weighted by molar-refractivity contribution is 5.80. The van der Waals surface area contributed by atoms with E-state index in [1.54, 1.807) is 14.2 Å². The molecule has 0 spiro atoms. The van der Waals surface area contributed by atoms with Crippen molar-refractivity contribution in [1.82, 2.24) is 9.55 Å². The van der Waals surface area contributed by atoms with Gasteiger partial charge in [-0.1, -0.05) is 54.6 Å². The lowest BCUT2D eigenvalue weighted by atomic mass is 10.2. The number of rotatable bonds is 6. The molecule has 0 aliphatic rings. The SMILES string of the molecule is COc1ccc(Cn2c(C=Cc3ccccc3)nc3ccccc32)cc1OC. The van der Waals surface area contributed by atoms with Gasteiger partial charge in [0.15, 0.2) is 11.5 Å². The lowest BCUT2D eigenvalue weighted by molar-refractivity contribution is 0.354. The highest BCUT2D eigenvalue weighted by Crippen LogP contribution is 2.29. The van der Waals surface area contributed by atoms with E-state index in [9.17, 15) is 0 Å². The fraction of sp³-hybridized carbons (Fsp3) is 0.125. The number of nitrogens with zero attached hydrogens (tertiary/aromatic N) is 2. The van der Waals surface area contributed by atoms with Gasteiger partial charge >= 0.3 is 0 Å². The Labute approximate surface area is 164 Å². The number of hydrogen-bond acceptors (Lipinski definition) is 3. The molecule has 1 aromatic heterocycles. The number of aromatic nitrogens is 2. The van der Waals surface area contributed by atoms with Crippen LogP contribution in [0.15, 0.2) is 72.8 Å². The van der Waals surface area contributed by atoms with E-state index in [-0.39, 0.29) is 0 Å². The second kappa shape index (κ2) is 8.01. The first-order chi connectivity index (χ1) is 13.8. The number of imidazole rings is 1. The number of para-hydroxylation sites is 2. The van der Waals surface area contributed by atoms with E-state index in [0.29, 0.717) is 6.54 Å². The van der Waals surface area contributed by atoms with Crippen LogP contribution in [-0.4, -0.2) is 23.8 Å². The third-order valence-corrected chi connectivity index (χ3v) is 4.70. The van der Waals surface area contributed by atoms with Crippen LogP contribution in [0.2, 0.25) is 0 Å². The van der Waals surface area contributed by atoms with E-state index >= 15 is 0 Å². The van der Waals surface area contributed by atoms with Crippen LogP contribution in [-0.2, 0) is 6.54 Å². The van der Waals surface area contributed by atoms with Crippen molar-refractivity contribution in [3.63, 3.8) is 0 Å². The molecule has 0 atom stereocenters. The lowest BCUT2D eigenvalue weighted by Crippen LogP contribution is -2.03. The molecule has 0 saturated heterocycles. The molecule has 28 heavy (non-hydrogen) atoms. The summed E-state index contributed by atoms with van der Waals surface area (Å²) in [5, 5.41) is 0. The van der Waals surface area contributed by atoms with Crippen LogP contribution in [0.5, 0.6) is 11.5 Å². The summed E-state index contributed by atoms with van der Waals surface area (Å²) in [5.74, 6) is 2.37. The second-order valence-electron chi connectivity index (χ2n) is 6.48. The molecule has 4 nitrogen and oxygen atoms in total. The minimum Gasteiger partial charge on any atom is -0.493 e. The number of fused-ring (bicyclic) bond motifs is 1. The molecular formula is C24H22N2O2. The summed E-state index contributed by atoms with van der Waals surface area (Å²) in [6.07, 6.45) is 4.16. The second-order valence-corrected chi connectivity index (χ2v) is 6.48. The van der Waals surface area contributed by atoms with Crippen LogP contribution in [0.25, 0.3) is 23.2 Å². The molecule has 4 aromatic rings. The van der Waals surface area contributed by atoms with E-state index in [0.717, 1.165) is 39.5 Å². The van der Waals surface area contributed by atoms with E-state index in [1.807, 2.05) is 48.5 Å². The summed E-state index contributed by atoms with van der Waals surface area (Å²) in [5.41, 5.74) is 4.35. The zero-order valence-electron chi connectivity index (χ0n) is 16.0. The van der Waals surface area contributed by atoms with Gasteiger partial charge in [-0.15, -0.1) is 0 Å². The number of hydrogen-bond donors (Lipinski definition) is 0. The first-order valence-corrected chi connectivity index (χ1v) is 9.18. The summed E-state index contributed by atoms with van der Waals surface area (Å²) >= 11 is 0. The maximum absolute atomic E-state index is 5.46. The quantitative estimate of drug-likeness (QED) is 0.464. The number of ether oxygens (including phenoxy) is 2. The molecule has 0 fully saturated rings. The Morgan fingerprint density at radius 1 is 0.821 bits per heavy atom. The van der Waals surface area contributed by atoms with Gasteiger partial charge in [0.05, 0.1) is 25.3 Å². The van der Waals surface area contributed by atoms with Gasteiger partial charge in [0, 0.05) is 6.54 Å². The molecule has 0 aliphatic heterocycles. The summed E-state index contributed by atoms with van der Waals surface area (Å²) in [6.45, 7) is 0.690. The Balaban J connectivity index is 1.74. The summed E-state index contributed by atoms with van der Waals surface area (Å²) in [4.78, 5) is 4.82. The molecule has 0 unspecified atom stereocenters. The van der Waals surface area contributed by atoms with Crippen molar-refractivity contribution in [2.45, 2.75) is 6.54 Å². The fourth-order valence-electron chi connectivity index (χ4n) is 3.28. The lowest BCUT2D eigenvalue weighted by Gasteiger charge is -2.11. The van der Waals surface area contributed by atoms with Gasteiger partial charge in [-0.05, 0) is 41.5 Å². The molecule has 3 aromatic carbocycles. The molecular weight excluding hydrogens is 348 g/mol. The first-order valence-electron chi connectivity index (χ1n) is 9.18. The topological polar surface area (TPSA) is 36.3 Å². The maximum atomic E-state index is 5.46. The summed E-state index contributed by atoms with van der Waals surface area (Å²) in [7, 11) is 3.30. The number of benzene rings is 3. The van der Waals surface area contributed by atoms with Crippen LogP contribution in [0.1, 0.15) is 17.0 Å². The molecule has 140 valence electrons. The van der Waals surface area contributed by atoms with E-state index in [1.165, 1.54) is 0 Å². The van der Waals surface area contributed by atoms with Gasteiger partial charge in [0.2, 0.25) is 0 Å². The van der Waals surface area contributed by atoms with Gasteiger partial charge in [-0.2, -0.15) is 0 Å². The van der Waals surface area contributed by atoms with E-state index in [4.69, 9.17) is 14.5 Å². The normalized spacial score (nSPS) is 11.2. The van der Waals surface area contributed by atoms with Gasteiger partial charge in [0.1, 0.15) is 5.82 Å². The Bertz CT molecular complexity index is 1110. The standard InChI is InChI=1S/C24H22N2O2/c1-27-22-14-12-19(16-23(22)28-2)17-26-21-11-7-6-10-20(21)25-24(26)15-13-18-8-4-3-5-9-18/h3-16H,17H2,1-2H3. The molecule has 0 bridgehead atoms. The number of methoxy groups -OCH3 is 2. The average molecular weight is 370 g/mol. The Hall–Kier alpha value is -3.53. The molecule has 4 heteroatoms. The van der Waals surface area contributed by atoms with Gasteiger partial charge in [-0.3, -0.25) is 0 Å². The molecule has 0 radical (unpaired) electrons. The Morgan fingerprint density at radius 3 is 2.36 bits per heavy atom. The van der Waals surface area contributed by atoms with E-state index < -0.39 is 0 Å². The van der Waals surface area contributed by atoms with Gasteiger partial charge < -0.3 is 14.0 Å². The minimum absolute atomic E-state index is 0.690. The predicted octanol–water partition coefficient (Wildman–Crippen LogP) is 5.27.